The van der Waals surface area contributed by atoms with Gasteiger partial charge in [0.15, 0.2) is 0 Å². The van der Waals surface area contributed by atoms with E-state index >= 15 is 0 Å². The topological polar surface area (TPSA) is 45.0 Å². The lowest BCUT2D eigenvalue weighted by Crippen LogP contribution is -2.30. The zero-order valence-corrected chi connectivity index (χ0v) is 14.7. The molecule has 0 saturated carbocycles. The van der Waals surface area contributed by atoms with Crippen molar-refractivity contribution in [2.45, 2.75) is 5.37 Å². The molecule has 1 aliphatic heterocycles. The zero-order chi connectivity index (χ0) is 16.4. The molecule has 0 bridgehead atoms. The maximum atomic E-state index is 12.5. The molecule has 1 saturated heterocycles. The molecule has 1 aliphatic rings. The molecule has 1 unspecified atom stereocenters. The van der Waals surface area contributed by atoms with Gasteiger partial charge in [0.1, 0.15) is 4.32 Å². The third kappa shape index (κ3) is 3.55. The van der Waals surface area contributed by atoms with Crippen LogP contribution in [0.2, 0.25) is 10.0 Å². The summed E-state index contributed by atoms with van der Waals surface area (Å²) in [7, 11) is 0. The van der Waals surface area contributed by atoms with Crippen molar-refractivity contribution >= 4 is 68.8 Å². The molecule has 2 aromatic carbocycles. The Morgan fingerprint density at radius 2 is 1.83 bits per heavy atom. The third-order valence-corrected chi connectivity index (χ3v) is 5.14. The normalized spacial score (nSPS) is 18.2. The Balaban J connectivity index is 1.79. The monoisotopic (exact) mass is 381 g/mol. The van der Waals surface area contributed by atoms with Gasteiger partial charge >= 0.3 is 0 Å². The maximum absolute atomic E-state index is 12.5. The Labute approximate surface area is 152 Å². The van der Waals surface area contributed by atoms with Gasteiger partial charge in [-0.3, -0.25) is 9.69 Å². The number of rotatable bonds is 3. The van der Waals surface area contributed by atoms with Crippen LogP contribution >= 0.6 is 47.2 Å². The standard InChI is InChI=1S/C15H9Cl2N3OS2/c16-11-7-6-9(8-12(11)17)18-19-13-14(21)20(15(22)23-13)10-4-2-1-3-5-10/h1-8,13H. The van der Waals surface area contributed by atoms with Crippen LogP contribution in [0.1, 0.15) is 0 Å². The van der Waals surface area contributed by atoms with Crippen LogP contribution in [0.15, 0.2) is 58.8 Å². The van der Waals surface area contributed by atoms with Crippen molar-refractivity contribution in [2.24, 2.45) is 10.2 Å². The Kier molecular flexibility index (Phi) is 4.96. The van der Waals surface area contributed by atoms with Crippen LogP contribution in [0.25, 0.3) is 0 Å². The molecule has 23 heavy (non-hydrogen) atoms. The molecule has 0 aliphatic carbocycles. The van der Waals surface area contributed by atoms with Crippen LogP contribution in [0, 0.1) is 0 Å². The number of azo groups is 1. The summed E-state index contributed by atoms with van der Waals surface area (Å²) in [5.41, 5.74) is 1.25. The number of benzene rings is 2. The summed E-state index contributed by atoms with van der Waals surface area (Å²) in [4.78, 5) is 13.9. The molecule has 8 heteroatoms. The molecule has 3 rings (SSSR count). The second kappa shape index (κ2) is 6.97. The minimum Gasteiger partial charge on any atom is -0.270 e. The van der Waals surface area contributed by atoms with E-state index < -0.39 is 5.37 Å². The zero-order valence-electron chi connectivity index (χ0n) is 11.5. The van der Waals surface area contributed by atoms with Crippen LogP contribution in [-0.4, -0.2) is 15.6 Å². The van der Waals surface area contributed by atoms with Crippen molar-refractivity contribution in [2.75, 3.05) is 4.90 Å². The van der Waals surface area contributed by atoms with Gasteiger partial charge in [-0.1, -0.05) is 65.4 Å². The first-order valence-corrected chi connectivity index (χ1v) is 8.56. The minimum absolute atomic E-state index is 0.213. The Morgan fingerprint density at radius 1 is 1.09 bits per heavy atom. The van der Waals surface area contributed by atoms with E-state index in [1.807, 2.05) is 30.3 Å². The highest BCUT2D eigenvalue weighted by atomic mass is 35.5. The largest absolute Gasteiger partial charge is 0.270 e. The smallest absolute Gasteiger partial charge is 0.270 e. The summed E-state index contributed by atoms with van der Waals surface area (Å²) in [5, 5.41) is 8.26. The summed E-state index contributed by atoms with van der Waals surface area (Å²) in [5.74, 6) is -0.213. The molecule has 0 aromatic heterocycles. The van der Waals surface area contributed by atoms with Crippen molar-refractivity contribution < 1.29 is 4.79 Å². The fraction of sp³-hybridized carbons (Fsp3) is 0.0667. The molecule has 1 heterocycles. The molecule has 0 spiro atoms. The molecular weight excluding hydrogens is 373 g/mol. The number of hydrogen-bond acceptors (Lipinski definition) is 5. The number of anilines is 1. The van der Waals surface area contributed by atoms with E-state index in [4.69, 9.17) is 35.4 Å². The second-order valence-electron chi connectivity index (χ2n) is 4.56. The molecule has 116 valence electrons. The molecule has 1 atom stereocenters. The molecule has 1 fully saturated rings. The van der Waals surface area contributed by atoms with Gasteiger partial charge in [0.2, 0.25) is 5.37 Å². The van der Waals surface area contributed by atoms with E-state index in [1.54, 1.807) is 18.2 Å². The summed E-state index contributed by atoms with van der Waals surface area (Å²) < 4.78 is 0.458. The first-order valence-electron chi connectivity index (χ1n) is 6.52. The fourth-order valence-corrected chi connectivity index (χ4v) is 3.50. The number of thioether (sulfide) groups is 1. The third-order valence-electron chi connectivity index (χ3n) is 3.02. The van der Waals surface area contributed by atoms with E-state index in [0.29, 0.717) is 20.1 Å². The number of carbonyl (C=O) groups is 1. The van der Waals surface area contributed by atoms with Crippen LogP contribution in [0.4, 0.5) is 11.4 Å². The maximum Gasteiger partial charge on any atom is 0.270 e. The van der Waals surface area contributed by atoms with E-state index in [1.165, 1.54) is 16.7 Å². The average molecular weight is 382 g/mol. The Bertz CT molecular complexity index is 799. The predicted molar refractivity (Wildman–Crippen MR) is 98.9 cm³/mol. The predicted octanol–water partition coefficient (Wildman–Crippen LogP) is 5.47. The highest BCUT2D eigenvalue weighted by molar-refractivity contribution is 8.25. The van der Waals surface area contributed by atoms with E-state index in [-0.39, 0.29) is 5.91 Å². The van der Waals surface area contributed by atoms with Crippen LogP contribution < -0.4 is 4.90 Å². The lowest BCUT2D eigenvalue weighted by molar-refractivity contribution is -0.116. The number of para-hydroxylation sites is 1. The van der Waals surface area contributed by atoms with Crippen molar-refractivity contribution in [3.63, 3.8) is 0 Å². The first kappa shape index (κ1) is 16.4. The van der Waals surface area contributed by atoms with Gasteiger partial charge in [-0.2, -0.15) is 10.2 Å². The Morgan fingerprint density at radius 3 is 2.52 bits per heavy atom. The molecular formula is C15H9Cl2N3OS2. The van der Waals surface area contributed by atoms with E-state index in [2.05, 4.69) is 10.2 Å². The highest BCUT2D eigenvalue weighted by Crippen LogP contribution is 2.34. The van der Waals surface area contributed by atoms with Crippen LogP contribution in [-0.2, 0) is 4.79 Å². The molecule has 0 radical (unpaired) electrons. The summed E-state index contributed by atoms with van der Waals surface area (Å²) in [6.07, 6.45) is 0. The SMILES string of the molecule is O=C1C(N=Nc2ccc(Cl)c(Cl)c2)SC(=S)N1c1ccccc1. The number of amides is 1. The molecule has 0 N–H and O–H groups in total. The lowest BCUT2D eigenvalue weighted by Gasteiger charge is -2.14. The van der Waals surface area contributed by atoms with Gasteiger partial charge in [0.25, 0.3) is 5.91 Å². The number of thiocarbonyl (C=S) groups is 1. The van der Waals surface area contributed by atoms with Crippen molar-refractivity contribution in [1.82, 2.24) is 0 Å². The number of halogens is 2. The summed E-state index contributed by atoms with van der Waals surface area (Å²) >= 11 is 18.2. The van der Waals surface area contributed by atoms with Crippen molar-refractivity contribution in [3.8, 4) is 0 Å². The van der Waals surface area contributed by atoms with E-state index in [0.717, 1.165) is 5.69 Å². The van der Waals surface area contributed by atoms with Gasteiger partial charge in [-0.15, -0.1) is 0 Å². The minimum atomic E-state index is -0.697. The van der Waals surface area contributed by atoms with Crippen molar-refractivity contribution in [1.29, 1.82) is 0 Å². The highest BCUT2D eigenvalue weighted by Gasteiger charge is 2.38. The second-order valence-corrected chi connectivity index (χ2v) is 7.09. The fourth-order valence-electron chi connectivity index (χ4n) is 1.95. The van der Waals surface area contributed by atoms with Gasteiger partial charge < -0.3 is 0 Å². The molecule has 2 aromatic rings. The first-order chi connectivity index (χ1) is 11.1. The Hall–Kier alpha value is -1.47. The average Bonchev–Trinajstić information content (AvgIpc) is 2.83. The van der Waals surface area contributed by atoms with Gasteiger partial charge in [0.05, 0.1) is 21.4 Å². The number of nitrogens with zero attached hydrogens (tertiary/aromatic N) is 3. The van der Waals surface area contributed by atoms with Gasteiger partial charge in [-0.05, 0) is 30.3 Å². The van der Waals surface area contributed by atoms with Crippen LogP contribution in [0.3, 0.4) is 0 Å². The van der Waals surface area contributed by atoms with Crippen molar-refractivity contribution in [3.05, 3.63) is 58.6 Å². The molecule has 4 nitrogen and oxygen atoms in total. The van der Waals surface area contributed by atoms with Gasteiger partial charge in [-0.25, -0.2) is 0 Å². The summed E-state index contributed by atoms with van der Waals surface area (Å²) in [6, 6.07) is 14.1. The van der Waals surface area contributed by atoms with Gasteiger partial charge in [0, 0.05) is 0 Å². The quantitative estimate of drug-likeness (QED) is 0.523. The number of carbonyl (C=O) groups excluding carboxylic acids is 1. The van der Waals surface area contributed by atoms with E-state index in [9.17, 15) is 4.79 Å². The number of hydrogen-bond donors (Lipinski definition) is 0. The lowest BCUT2D eigenvalue weighted by atomic mass is 10.3. The summed E-state index contributed by atoms with van der Waals surface area (Å²) in [6.45, 7) is 0. The molecule has 1 amide bonds. The van der Waals surface area contributed by atoms with Crippen LogP contribution in [0.5, 0.6) is 0 Å².